The van der Waals surface area contributed by atoms with Crippen LogP contribution in [0.25, 0.3) is 0 Å². The van der Waals surface area contributed by atoms with E-state index >= 15 is 0 Å². The van der Waals surface area contributed by atoms with E-state index in [1.54, 1.807) is 0 Å². The van der Waals surface area contributed by atoms with Gasteiger partial charge in [-0.2, -0.15) is 0 Å². The van der Waals surface area contributed by atoms with E-state index in [9.17, 15) is 0 Å². The van der Waals surface area contributed by atoms with Gasteiger partial charge in [-0.25, -0.2) is 0 Å². The minimum absolute atomic E-state index is 0.130. The van der Waals surface area contributed by atoms with Gasteiger partial charge in [0, 0.05) is 15.5 Å². The molecule has 0 spiro atoms. The predicted octanol–water partition coefficient (Wildman–Crippen LogP) is 5.26. The van der Waals surface area contributed by atoms with Crippen molar-refractivity contribution in [3.05, 3.63) is 68.1 Å². The van der Waals surface area contributed by atoms with Crippen molar-refractivity contribution in [1.82, 2.24) is 5.32 Å². The van der Waals surface area contributed by atoms with E-state index < -0.39 is 0 Å². The summed E-state index contributed by atoms with van der Waals surface area (Å²) in [5.41, 5.74) is 2.18. The molecule has 19 heavy (non-hydrogen) atoms. The molecule has 2 aromatic carbocycles. The molecule has 1 nitrogen and oxygen atoms in total. The monoisotopic (exact) mass is 357 g/mol. The number of nitrogens with one attached hydrogen (secondary N) is 1. The fraction of sp³-hybridized carbons (Fsp3) is 0.200. The molecule has 0 radical (unpaired) electrons. The fourth-order valence-electron chi connectivity index (χ4n) is 2.04. The highest BCUT2D eigenvalue weighted by Crippen LogP contribution is 2.32. The molecule has 0 saturated carbocycles. The Morgan fingerprint density at radius 2 is 1.84 bits per heavy atom. The van der Waals surface area contributed by atoms with Crippen LogP contribution in [0.1, 0.15) is 17.2 Å². The van der Waals surface area contributed by atoms with E-state index in [2.05, 4.69) is 21.2 Å². The van der Waals surface area contributed by atoms with E-state index in [0.717, 1.165) is 32.1 Å². The van der Waals surface area contributed by atoms with Gasteiger partial charge in [-0.1, -0.05) is 53.5 Å². The van der Waals surface area contributed by atoms with Crippen LogP contribution in [0.4, 0.5) is 0 Å². The average molecular weight is 359 g/mol. The van der Waals surface area contributed by atoms with E-state index in [4.69, 9.17) is 23.2 Å². The van der Waals surface area contributed by atoms with Gasteiger partial charge in [-0.3, -0.25) is 0 Å². The van der Waals surface area contributed by atoms with E-state index in [1.807, 2.05) is 49.5 Å². The van der Waals surface area contributed by atoms with Crippen molar-refractivity contribution in [3.63, 3.8) is 0 Å². The number of benzene rings is 2. The molecule has 0 bridgehead atoms. The van der Waals surface area contributed by atoms with Gasteiger partial charge >= 0.3 is 0 Å². The zero-order chi connectivity index (χ0) is 13.8. The second kappa shape index (κ2) is 6.76. The third-order valence-electron chi connectivity index (χ3n) is 3.09. The molecule has 4 heteroatoms. The van der Waals surface area contributed by atoms with Crippen molar-refractivity contribution in [2.24, 2.45) is 0 Å². The molecule has 0 aliphatic heterocycles. The molecular formula is C15H14BrCl2N. The van der Waals surface area contributed by atoms with Gasteiger partial charge in [0.1, 0.15) is 0 Å². The lowest BCUT2D eigenvalue weighted by Crippen LogP contribution is -2.19. The van der Waals surface area contributed by atoms with E-state index in [1.165, 1.54) is 0 Å². The van der Waals surface area contributed by atoms with Crippen LogP contribution in [0.5, 0.6) is 0 Å². The van der Waals surface area contributed by atoms with Crippen LogP contribution in [0, 0.1) is 0 Å². The lowest BCUT2D eigenvalue weighted by molar-refractivity contribution is 0.592. The maximum Gasteiger partial charge on any atom is 0.0595 e. The molecule has 2 rings (SSSR count). The Bertz CT molecular complexity index is 572. The third-order valence-corrected chi connectivity index (χ3v) is 4.77. The maximum atomic E-state index is 6.35. The molecule has 0 fully saturated rings. The minimum atomic E-state index is 0.130. The summed E-state index contributed by atoms with van der Waals surface area (Å²) >= 11 is 16.0. The first-order valence-electron chi connectivity index (χ1n) is 5.98. The lowest BCUT2D eigenvalue weighted by atomic mass is 9.99. The van der Waals surface area contributed by atoms with E-state index in [0.29, 0.717) is 0 Å². The standard InChI is InChI=1S/C15H14BrCl2N/c1-19-14(9-10-5-2-3-8-13(10)17)11-6-4-7-12(16)15(11)18/h2-8,14,19H,9H2,1H3. The molecule has 1 atom stereocenters. The first-order chi connectivity index (χ1) is 9.13. The topological polar surface area (TPSA) is 12.0 Å². The Balaban J connectivity index is 2.31. The number of halogens is 3. The first kappa shape index (κ1) is 14.9. The largest absolute Gasteiger partial charge is 0.313 e. The Hall–Kier alpha value is -0.540. The molecule has 0 aromatic heterocycles. The average Bonchev–Trinajstić information content (AvgIpc) is 2.41. The lowest BCUT2D eigenvalue weighted by Gasteiger charge is -2.19. The molecule has 2 aromatic rings. The van der Waals surface area contributed by atoms with Crippen molar-refractivity contribution < 1.29 is 0 Å². The number of rotatable bonds is 4. The summed E-state index contributed by atoms with van der Waals surface area (Å²) < 4.78 is 0.908. The van der Waals surface area contributed by atoms with Gasteiger partial charge in [0.05, 0.1) is 5.02 Å². The molecule has 0 aliphatic carbocycles. The minimum Gasteiger partial charge on any atom is -0.313 e. The zero-order valence-corrected chi connectivity index (χ0v) is 13.6. The summed E-state index contributed by atoms with van der Waals surface area (Å²) in [7, 11) is 1.93. The van der Waals surface area contributed by atoms with Crippen LogP contribution in [0.15, 0.2) is 46.9 Å². The van der Waals surface area contributed by atoms with Crippen molar-refractivity contribution in [2.45, 2.75) is 12.5 Å². The Morgan fingerprint density at radius 3 is 2.53 bits per heavy atom. The van der Waals surface area contributed by atoms with Crippen LogP contribution >= 0.6 is 39.1 Å². The smallest absolute Gasteiger partial charge is 0.0595 e. The Kier molecular flexibility index (Phi) is 5.28. The van der Waals surface area contributed by atoms with Gasteiger partial charge in [-0.05, 0) is 52.7 Å². The Morgan fingerprint density at radius 1 is 1.11 bits per heavy atom. The van der Waals surface area contributed by atoms with Gasteiger partial charge in [-0.15, -0.1) is 0 Å². The normalized spacial score (nSPS) is 12.4. The highest BCUT2D eigenvalue weighted by atomic mass is 79.9. The van der Waals surface area contributed by atoms with Crippen molar-refractivity contribution in [1.29, 1.82) is 0 Å². The van der Waals surface area contributed by atoms with Crippen LogP contribution in [0.2, 0.25) is 10.0 Å². The number of hydrogen-bond donors (Lipinski definition) is 1. The summed E-state index contributed by atoms with van der Waals surface area (Å²) in [4.78, 5) is 0. The van der Waals surface area contributed by atoms with Crippen LogP contribution in [-0.4, -0.2) is 7.05 Å². The summed E-state index contributed by atoms with van der Waals surface area (Å²) in [5, 5.41) is 4.83. The molecule has 1 unspecified atom stereocenters. The molecule has 0 saturated heterocycles. The highest BCUT2D eigenvalue weighted by molar-refractivity contribution is 9.10. The maximum absolute atomic E-state index is 6.35. The third kappa shape index (κ3) is 3.51. The quantitative estimate of drug-likeness (QED) is 0.786. The molecule has 100 valence electrons. The number of hydrogen-bond acceptors (Lipinski definition) is 1. The fourth-order valence-corrected chi connectivity index (χ4v) is 2.89. The number of likely N-dealkylation sites (N-methyl/N-ethyl adjacent to an activating group) is 1. The van der Waals surface area contributed by atoms with E-state index in [-0.39, 0.29) is 6.04 Å². The summed E-state index contributed by atoms with van der Waals surface area (Å²) in [6, 6.07) is 14.0. The summed E-state index contributed by atoms with van der Waals surface area (Å²) in [5.74, 6) is 0. The molecule has 0 heterocycles. The van der Waals surface area contributed by atoms with Crippen molar-refractivity contribution in [2.75, 3.05) is 7.05 Å². The summed E-state index contributed by atoms with van der Waals surface area (Å²) in [6.07, 6.45) is 0.798. The zero-order valence-electron chi connectivity index (χ0n) is 10.5. The van der Waals surface area contributed by atoms with Crippen LogP contribution in [-0.2, 0) is 6.42 Å². The van der Waals surface area contributed by atoms with Crippen molar-refractivity contribution in [3.8, 4) is 0 Å². The van der Waals surface area contributed by atoms with Crippen LogP contribution < -0.4 is 5.32 Å². The van der Waals surface area contributed by atoms with Gasteiger partial charge in [0.2, 0.25) is 0 Å². The first-order valence-corrected chi connectivity index (χ1v) is 7.53. The highest BCUT2D eigenvalue weighted by Gasteiger charge is 2.16. The van der Waals surface area contributed by atoms with Crippen LogP contribution in [0.3, 0.4) is 0 Å². The van der Waals surface area contributed by atoms with Crippen molar-refractivity contribution >= 4 is 39.1 Å². The molecule has 0 aliphatic rings. The molecular weight excluding hydrogens is 345 g/mol. The van der Waals surface area contributed by atoms with Gasteiger partial charge in [0.15, 0.2) is 0 Å². The van der Waals surface area contributed by atoms with Gasteiger partial charge < -0.3 is 5.32 Å². The second-order valence-corrected chi connectivity index (χ2v) is 5.92. The Labute approximate surface area is 132 Å². The SMILES string of the molecule is CNC(Cc1ccccc1Cl)c1cccc(Br)c1Cl. The molecule has 1 N–H and O–H groups in total. The predicted molar refractivity (Wildman–Crippen MR) is 86.1 cm³/mol. The molecule has 0 amide bonds. The van der Waals surface area contributed by atoms with Gasteiger partial charge in [0.25, 0.3) is 0 Å². The second-order valence-electron chi connectivity index (χ2n) is 4.28. The summed E-state index contributed by atoms with van der Waals surface area (Å²) in [6.45, 7) is 0.